The van der Waals surface area contributed by atoms with Crippen LogP contribution >= 0.6 is 11.3 Å². The van der Waals surface area contributed by atoms with Crippen LogP contribution in [0.2, 0.25) is 0 Å². The Bertz CT molecular complexity index is 1480. The third kappa shape index (κ3) is 6.52. The molecule has 39 heavy (non-hydrogen) atoms. The van der Waals surface area contributed by atoms with Gasteiger partial charge < -0.3 is 35.1 Å². The van der Waals surface area contributed by atoms with E-state index in [1.807, 2.05) is 6.07 Å². The second-order valence-electron chi connectivity index (χ2n) is 8.39. The van der Waals surface area contributed by atoms with Gasteiger partial charge in [0, 0.05) is 17.4 Å². The average Bonchev–Trinajstić information content (AvgIpc) is 3.54. The molecule has 2 aromatic heterocycles. The lowest BCUT2D eigenvalue weighted by Crippen LogP contribution is -2.33. The Kier molecular flexibility index (Phi) is 8.76. The lowest BCUT2D eigenvalue weighted by molar-refractivity contribution is -0.119. The van der Waals surface area contributed by atoms with Crippen LogP contribution < -0.4 is 15.7 Å². The monoisotopic (exact) mass is 554 g/mol. The number of rotatable bonds is 11. The highest BCUT2D eigenvalue weighted by atomic mass is 32.1. The van der Waals surface area contributed by atoms with Gasteiger partial charge in [0.25, 0.3) is 0 Å². The molecule has 0 aliphatic rings. The van der Waals surface area contributed by atoms with Crippen molar-refractivity contribution in [3.63, 3.8) is 0 Å². The minimum Gasteiger partial charge on any atom is -0.493 e. The fourth-order valence-electron chi connectivity index (χ4n) is 3.75. The number of hydrogen-bond acceptors (Lipinski definition) is 10. The van der Waals surface area contributed by atoms with E-state index in [1.54, 1.807) is 48.5 Å². The van der Waals surface area contributed by atoms with E-state index in [-0.39, 0.29) is 29.5 Å². The topological polar surface area (TPSA) is 176 Å². The molecule has 2 atom stereocenters. The number of nitrogens with zero attached hydrogens (tertiary/aromatic N) is 2. The van der Waals surface area contributed by atoms with Gasteiger partial charge >= 0.3 is 11.7 Å². The first kappa shape index (κ1) is 27.6. The fourth-order valence-corrected chi connectivity index (χ4v) is 4.43. The number of hydrogen-bond donors (Lipinski definition) is 5. The maximum atomic E-state index is 13.4. The van der Waals surface area contributed by atoms with E-state index in [9.17, 15) is 24.6 Å². The normalized spacial score (nSPS) is 12.5. The summed E-state index contributed by atoms with van der Waals surface area (Å²) in [5, 5.41) is 33.6. The minimum absolute atomic E-state index is 0.0275. The van der Waals surface area contributed by atoms with Crippen molar-refractivity contribution >= 4 is 28.3 Å². The van der Waals surface area contributed by atoms with Gasteiger partial charge in [-0.1, -0.05) is 30.3 Å². The van der Waals surface area contributed by atoms with E-state index in [1.165, 1.54) is 12.5 Å². The Morgan fingerprint density at radius 3 is 2.54 bits per heavy atom. The molecule has 5 N–H and O–H groups in total. The summed E-state index contributed by atoms with van der Waals surface area (Å²) in [6.07, 6.45) is -0.949. The highest BCUT2D eigenvalue weighted by molar-refractivity contribution is 7.14. The molecule has 0 aliphatic carbocycles. The number of aromatic hydroxyl groups is 1. The van der Waals surface area contributed by atoms with Crippen LogP contribution in [-0.4, -0.2) is 68.2 Å². The average molecular weight is 555 g/mol. The third-order valence-electron chi connectivity index (χ3n) is 5.71. The van der Waals surface area contributed by atoms with Crippen molar-refractivity contribution in [3.8, 4) is 22.9 Å². The van der Waals surface area contributed by atoms with E-state index in [0.717, 1.165) is 21.5 Å². The van der Waals surface area contributed by atoms with Crippen molar-refractivity contribution < 1.29 is 34.4 Å². The van der Waals surface area contributed by atoms with Gasteiger partial charge in [0.2, 0.25) is 11.8 Å². The number of ether oxygens (including phenoxy) is 2. The molecule has 0 unspecified atom stereocenters. The number of methoxy groups -OCH3 is 1. The van der Waals surface area contributed by atoms with Gasteiger partial charge in [0.05, 0.1) is 13.7 Å². The van der Waals surface area contributed by atoms with Gasteiger partial charge in [0.1, 0.15) is 30.2 Å². The lowest BCUT2D eigenvalue weighted by atomic mass is 10.0. The van der Waals surface area contributed by atoms with E-state index in [0.29, 0.717) is 11.3 Å². The van der Waals surface area contributed by atoms with Crippen LogP contribution in [0.4, 0.5) is 5.13 Å². The molecule has 1 amide bonds. The molecule has 204 valence electrons. The van der Waals surface area contributed by atoms with Crippen molar-refractivity contribution in [2.75, 3.05) is 25.6 Å². The molecule has 0 bridgehead atoms. The zero-order chi connectivity index (χ0) is 27.9. The molecular formula is C26H26N4O8S. The van der Waals surface area contributed by atoms with Crippen LogP contribution in [-0.2, 0) is 16.0 Å². The summed E-state index contributed by atoms with van der Waals surface area (Å²) in [6.45, 7) is -0.543. The van der Waals surface area contributed by atoms with E-state index in [2.05, 4.69) is 20.0 Å². The minimum atomic E-state index is -1.17. The van der Waals surface area contributed by atoms with Gasteiger partial charge in [-0.3, -0.25) is 4.79 Å². The molecule has 0 aliphatic heterocycles. The lowest BCUT2D eigenvalue weighted by Gasteiger charge is -2.18. The van der Waals surface area contributed by atoms with Crippen LogP contribution in [0.5, 0.6) is 11.6 Å². The first-order valence-corrected chi connectivity index (χ1v) is 12.6. The SMILES string of the molecule is COC(=O)c1csc(NC(=O)[C@H](Cc2ccccc2)n2c(O)c(-c3ccc(OC[C@H](O)CO)cc3)[nH]c2=O)n1. The highest BCUT2D eigenvalue weighted by Gasteiger charge is 2.29. The van der Waals surface area contributed by atoms with Gasteiger partial charge in [-0.15, -0.1) is 11.3 Å². The maximum Gasteiger partial charge on any atom is 0.357 e. The number of carbonyl (C=O) groups is 2. The fraction of sp³-hybridized carbons (Fsp3) is 0.231. The second-order valence-corrected chi connectivity index (χ2v) is 9.25. The Labute approximate surface area is 226 Å². The molecule has 12 nitrogen and oxygen atoms in total. The van der Waals surface area contributed by atoms with Crippen molar-refractivity contribution in [1.82, 2.24) is 14.5 Å². The molecule has 0 fully saturated rings. The third-order valence-corrected chi connectivity index (χ3v) is 6.47. The number of esters is 1. The molecular weight excluding hydrogens is 528 g/mol. The van der Waals surface area contributed by atoms with E-state index < -0.39 is 42.2 Å². The molecule has 4 aromatic rings. The zero-order valence-electron chi connectivity index (χ0n) is 20.7. The number of nitrogens with one attached hydrogen (secondary N) is 2. The number of aromatic amines is 1. The Morgan fingerprint density at radius 2 is 1.87 bits per heavy atom. The Hall–Kier alpha value is -4.46. The summed E-state index contributed by atoms with van der Waals surface area (Å²) >= 11 is 1.02. The predicted molar refractivity (Wildman–Crippen MR) is 142 cm³/mol. The first-order chi connectivity index (χ1) is 18.8. The van der Waals surface area contributed by atoms with Crippen LogP contribution in [0.1, 0.15) is 22.1 Å². The standard InChI is InChI=1S/C26H26N4O8S/c1-37-24(35)19-14-39-25(27-19)29-22(33)20(11-15-5-3-2-4-6-15)30-23(34)21(28-26(30)36)16-7-9-18(10-8-16)38-13-17(32)12-31/h2-10,14,17,20,31-32,34H,11-13H2,1H3,(H,28,36)(H,27,29,33)/t17-,20+/m1/s1. The number of aromatic nitrogens is 3. The van der Waals surface area contributed by atoms with E-state index in [4.69, 9.17) is 9.84 Å². The summed E-state index contributed by atoms with van der Waals surface area (Å²) in [6, 6.07) is 14.1. The number of imidazole rings is 1. The number of benzene rings is 2. The summed E-state index contributed by atoms with van der Waals surface area (Å²) in [5.41, 5.74) is 0.599. The van der Waals surface area contributed by atoms with Gasteiger partial charge in [-0.05, 0) is 29.8 Å². The molecule has 0 saturated carbocycles. The van der Waals surface area contributed by atoms with Crippen molar-refractivity contribution in [3.05, 3.63) is 81.7 Å². The number of thiazole rings is 1. The van der Waals surface area contributed by atoms with Gasteiger partial charge in [0.15, 0.2) is 10.8 Å². The number of anilines is 1. The highest BCUT2D eigenvalue weighted by Crippen LogP contribution is 2.31. The van der Waals surface area contributed by atoms with Gasteiger partial charge in [-0.25, -0.2) is 19.1 Å². The molecule has 0 saturated heterocycles. The summed E-state index contributed by atoms with van der Waals surface area (Å²) < 4.78 is 11.0. The predicted octanol–water partition coefficient (Wildman–Crippen LogP) is 1.95. The van der Waals surface area contributed by atoms with Crippen LogP contribution in [0.15, 0.2) is 64.8 Å². The molecule has 0 spiro atoms. The quantitative estimate of drug-likeness (QED) is 0.173. The number of aliphatic hydroxyl groups excluding tert-OH is 2. The van der Waals surface area contributed by atoms with Crippen LogP contribution in [0.25, 0.3) is 11.3 Å². The summed E-state index contributed by atoms with van der Waals surface area (Å²) in [4.78, 5) is 44.9. The van der Waals surface area contributed by atoms with Gasteiger partial charge in [-0.2, -0.15) is 0 Å². The Balaban J connectivity index is 1.63. The molecule has 2 heterocycles. The largest absolute Gasteiger partial charge is 0.493 e. The van der Waals surface area contributed by atoms with E-state index >= 15 is 0 Å². The van der Waals surface area contributed by atoms with Crippen LogP contribution in [0.3, 0.4) is 0 Å². The zero-order valence-corrected chi connectivity index (χ0v) is 21.6. The number of carbonyl (C=O) groups excluding carboxylic acids is 2. The summed E-state index contributed by atoms with van der Waals surface area (Å²) in [7, 11) is 1.22. The molecule has 2 aromatic carbocycles. The first-order valence-electron chi connectivity index (χ1n) is 11.7. The smallest absolute Gasteiger partial charge is 0.357 e. The molecule has 4 rings (SSSR count). The molecule has 0 radical (unpaired) electrons. The maximum absolute atomic E-state index is 13.4. The van der Waals surface area contributed by atoms with Crippen LogP contribution in [0, 0.1) is 0 Å². The Morgan fingerprint density at radius 1 is 1.15 bits per heavy atom. The number of H-pyrrole nitrogens is 1. The van der Waals surface area contributed by atoms with Crippen molar-refractivity contribution in [2.45, 2.75) is 18.6 Å². The number of amides is 1. The second kappa shape index (κ2) is 12.4. The van der Waals surface area contributed by atoms with Crippen molar-refractivity contribution in [1.29, 1.82) is 0 Å². The number of aliphatic hydroxyl groups is 2. The summed E-state index contributed by atoms with van der Waals surface area (Å²) in [5.74, 6) is -1.32. The van der Waals surface area contributed by atoms with Crippen molar-refractivity contribution in [2.24, 2.45) is 0 Å². The molecule has 13 heteroatoms.